The molecule has 1 saturated heterocycles. The zero-order valence-electron chi connectivity index (χ0n) is 14.0. The fourth-order valence-electron chi connectivity index (χ4n) is 3.17. The van der Waals surface area contributed by atoms with Gasteiger partial charge in [0.05, 0.1) is 10.8 Å². The lowest BCUT2D eigenvalue weighted by Gasteiger charge is -2.31. The average molecular weight is 358 g/mol. The number of fused-ring (bicyclic) bond motifs is 1. The SMILES string of the molecule is C=CCNC(=O)[C@H]1CCCN(S(=O)(=O)c2ccc3ccccc3c2)C1. The molecule has 1 aliphatic rings. The standard InChI is InChI=1S/C19H22N2O3S/c1-2-11-20-19(22)17-8-5-12-21(14-17)25(23,24)18-10-9-15-6-3-4-7-16(15)13-18/h2-4,6-7,9-10,13,17H,1,5,8,11-12,14H2,(H,20,22)/t17-/m0/s1. The van der Waals surface area contributed by atoms with Crippen LogP contribution < -0.4 is 5.32 Å². The molecule has 1 atom stereocenters. The van der Waals surface area contributed by atoms with Gasteiger partial charge in [-0.05, 0) is 35.7 Å². The molecule has 5 nitrogen and oxygen atoms in total. The first-order chi connectivity index (χ1) is 12.0. The summed E-state index contributed by atoms with van der Waals surface area (Å²) < 4.78 is 27.4. The van der Waals surface area contributed by atoms with Crippen LogP contribution in [0.4, 0.5) is 0 Å². The minimum atomic E-state index is -3.61. The zero-order chi connectivity index (χ0) is 17.9. The Morgan fingerprint density at radius 2 is 2.00 bits per heavy atom. The highest BCUT2D eigenvalue weighted by Gasteiger charge is 2.33. The van der Waals surface area contributed by atoms with E-state index < -0.39 is 10.0 Å². The van der Waals surface area contributed by atoms with Crippen LogP contribution in [0.25, 0.3) is 10.8 Å². The molecule has 1 amide bonds. The van der Waals surface area contributed by atoms with Crippen LogP contribution >= 0.6 is 0 Å². The van der Waals surface area contributed by atoms with E-state index in [4.69, 9.17) is 0 Å². The number of nitrogens with one attached hydrogen (secondary N) is 1. The molecule has 0 aliphatic carbocycles. The number of sulfonamides is 1. The summed E-state index contributed by atoms with van der Waals surface area (Å²) in [7, 11) is -3.61. The van der Waals surface area contributed by atoms with Crippen molar-refractivity contribution in [1.82, 2.24) is 9.62 Å². The predicted molar refractivity (Wildman–Crippen MR) is 98.6 cm³/mol. The fraction of sp³-hybridized carbons (Fsp3) is 0.316. The van der Waals surface area contributed by atoms with E-state index in [0.29, 0.717) is 25.9 Å². The number of nitrogens with zero attached hydrogens (tertiary/aromatic N) is 1. The molecular weight excluding hydrogens is 336 g/mol. The fourth-order valence-corrected chi connectivity index (χ4v) is 4.73. The Balaban J connectivity index is 1.82. The maximum atomic E-state index is 13.0. The van der Waals surface area contributed by atoms with E-state index in [9.17, 15) is 13.2 Å². The number of hydrogen-bond donors (Lipinski definition) is 1. The van der Waals surface area contributed by atoms with Crippen LogP contribution in [0.1, 0.15) is 12.8 Å². The van der Waals surface area contributed by atoms with Gasteiger partial charge < -0.3 is 5.32 Å². The van der Waals surface area contributed by atoms with Crippen molar-refractivity contribution in [3.63, 3.8) is 0 Å². The van der Waals surface area contributed by atoms with Gasteiger partial charge in [-0.2, -0.15) is 4.31 Å². The first-order valence-corrected chi connectivity index (χ1v) is 9.84. The molecule has 6 heteroatoms. The first-order valence-electron chi connectivity index (χ1n) is 8.40. The summed E-state index contributed by atoms with van der Waals surface area (Å²) in [6.45, 7) is 4.64. The van der Waals surface area contributed by atoms with Gasteiger partial charge in [-0.25, -0.2) is 8.42 Å². The number of amides is 1. The molecule has 1 heterocycles. The number of carbonyl (C=O) groups excluding carboxylic acids is 1. The van der Waals surface area contributed by atoms with E-state index in [-0.39, 0.29) is 23.3 Å². The molecule has 3 rings (SSSR count). The van der Waals surface area contributed by atoms with Crippen LogP contribution in [0.2, 0.25) is 0 Å². The number of piperidine rings is 1. The third kappa shape index (κ3) is 3.75. The highest BCUT2D eigenvalue weighted by Crippen LogP contribution is 2.26. The molecule has 1 fully saturated rings. The lowest BCUT2D eigenvalue weighted by atomic mass is 9.99. The molecule has 0 saturated carbocycles. The molecule has 1 N–H and O–H groups in total. The molecule has 0 unspecified atom stereocenters. The van der Waals surface area contributed by atoms with Crippen LogP contribution in [-0.2, 0) is 14.8 Å². The Kier molecular flexibility index (Phi) is 5.20. The van der Waals surface area contributed by atoms with Gasteiger partial charge in [-0.15, -0.1) is 6.58 Å². The maximum absolute atomic E-state index is 13.0. The van der Waals surface area contributed by atoms with Crippen LogP contribution in [-0.4, -0.2) is 38.3 Å². The van der Waals surface area contributed by atoms with E-state index in [0.717, 1.165) is 10.8 Å². The maximum Gasteiger partial charge on any atom is 0.243 e. The van der Waals surface area contributed by atoms with Gasteiger partial charge >= 0.3 is 0 Å². The molecule has 0 spiro atoms. The van der Waals surface area contributed by atoms with Crippen LogP contribution in [0.3, 0.4) is 0 Å². The highest BCUT2D eigenvalue weighted by molar-refractivity contribution is 7.89. The van der Waals surface area contributed by atoms with Crippen molar-refractivity contribution in [2.24, 2.45) is 5.92 Å². The second-order valence-corrected chi connectivity index (χ2v) is 8.18. The monoisotopic (exact) mass is 358 g/mol. The van der Waals surface area contributed by atoms with Crippen molar-refractivity contribution in [3.05, 3.63) is 55.1 Å². The van der Waals surface area contributed by atoms with Crippen molar-refractivity contribution in [1.29, 1.82) is 0 Å². The molecule has 0 radical (unpaired) electrons. The second-order valence-electron chi connectivity index (χ2n) is 6.24. The molecule has 132 valence electrons. The number of rotatable bonds is 5. The van der Waals surface area contributed by atoms with E-state index >= 15 is 0 Å². The van der Waals surface area contributed by atoms with Gasteiger partial charge in [0.25, 0.3) is 0 Å². The average Bonchev–Trinajstić information content (AvgIpc) is 2.65. The molecular formula is C19H22N2O3S. The van der Waals surface area contributed by atoms with Crippen molar-refractivity contribution in [3.8, 4) is 0 Å². The Bertz CT molecular complexity index is 892. The third-order valence-corrected chi connectivity index (χ3v) is 6.40. The summed E-state index contributed by atoms with van der Waals surface area (Å²) in [5.74, 6) is -0.428. The third-order valence-electron chi connectivity index (χ3n) is 4.53. The van der Waals surface area contributed by atoms with E-state index in [2.05, 4.69) is 11.9 Å². The van der Waals surface area contributed by atoms with Crippen molar-refractivity contribution >= 4 is 26.7 Å². The molecule has 25 heavy (non-hydrogen) atoms. The van der Waals surface area contributed by atoms with Gasteiger partial charge in [-0.1, -0.05) is 36.4 Å². The largest absolute Gasteiger partial charge is 0.352 e. The quantitative estimate of drug-likeness (QED) is 0.836. The Morgan fingerprint density at radius 1 is 1.24 bits per heavy atom. The van der Waals surface area contributed by atoms with Crippen molar-refractivity contribution < 1.29 is 13.2 Å². The van der Waals surface area contributed by atoms with Crippen molar-refractivity contribution in [2.45, 2.75) is 17.7 Å². The van der Waals surface area contributed by atoms with Gasteiger partial charge in [0.15, 0.2) is 0 Å². The van der Waals surface area contributed by atoms with Gasteiger partial charge in [0.1, 0.15) is 0 Å². The summed E-state index contributed by atoms with van der Waals surface area (Å²) in [5.41, 5.74) is 0. The molecule has 2 aromatic carbocycles. The van der Waals surface area contributed by atoms with Gasteiger partial charge in [-0.3, -0.25) is 4.79 Å². The molecule has 2 aromatic rings. The zero-order valence-corrected chi connectivity index (χ0v) is 14.8. The van der Waals surface area contributed by atoms with E-state index in [1.807, 2.05) is 30.3 Å². The topological polar surface area (TPSA) is 66.5 Å². The van der Waals surface area contributed by atoms with Crippen LogP contribution in [0.5, 0.6) is 0 Å². The molecule has 1 aliphatic heterocycles. The van der Waals surface area contributed by atoms with Gasteiger partial charge in [0.2, 0.25) is 15.9 Å². The van der Waals surface area contributed by atoms with Crippen molar-refractivity contribution in [2.75, 3.05) is 19.6 Å². The summed E-state index contributed by atoms with van der Waals surface area (Å²) in [6.07, 6.45) is 3.00. The Labute approximate surface area is 148 Å². The number of hydrogen-bond acceptors (Lipinski definition) is 3. The predicted octanol–water partition coefficient (Wildman–Crippen LogP) is 2.54. The number of benzene rings is 2. The number of carbonyl (C=O) groups is 1. The summed E-state index contributed by atoms with van der Waals surface area (Å²) in [5, 5.41) is 4.65. The summed E-state index contributed by atoms with van der Waals surface area (Å²) in [4.78, 5) is 12.4. The van der Waals surface area contributed by atoms with E-state index in [1.165, 1.54) is 4.31 Å². The highest BCUT2D eigenvalue weighted by atomic mass is 32.2. The minimum Gasteiger partial charge on any atom is -0.352 e. The Hall–Kier alpha value is -2.18. The first kappa shape index (κ1) is 17.6. The minimum absolute atomic E-state index is 0.113. The normalized spacial score (nSPS) is 18.8. The van der Waals surface area contributed by atoms with E-state index in [1.54, 1.807) is 18.2 Å². The molecule has 0 bridgehead atoms. The van der Waals surface area contributed by atoms with Crippen LogP contribution in [0.15, 0.2) is 60.0 Å². The Morgan fingerprint density at radius 3 is 2.76 bits per heavy atom. The summed E-state index contributed by atoms with van der Waals surface area (Å²) in [6, 6.07) is 12.8. The lowest BCUT2D eigenvalue weighted by molar-refractivity contribution is -0.125. The smallest absolute Gasteiger partial charge is 0.243 e. The van der Waals surface area contributed by atoms with Gasteiger partial charge in [0, 0.05) is 19.6 Å². The second kappa shape index (κ2) is 7.37. The molecule has 0 aromatic heterocycles. The summed E-state index contributed by atoms with van der Waals surface area (Å²) >= 11 is 0. The van der Waals surface area contributed by atoms with Crippen LogP contribution in [0, 0.1) is 5.92 Å². The lowest BCUT2D eigenvalue weighted by Crippen LogP contribution is -2.45.